The molecule has 0 aromatic heterocycles. The van der Waals surface area contributed by atoms with Gasteiger partial charge in [0.15, 0.2) is 0 Å². The summed E-state index contributed by atoms with van der Waals surface area (Å²) in [5.74, 6) is 0.704. The molecule has 1 saturated heterocycles. The van der Waals surface area contributed by atoms with E-state index < -0.39 is 0 Å². The van der Waals surface area contributed by atoms with Gasteiger partial charge in [0.2, 0.25) is 0 Å². The monoisotopic (exact) mass is 261 g/mol. The second-order valence-electron chi connectivity index (χ2n) is 5.65. The molecule has 106 valence electrons. The van der Waals surface area contributed by atoms with Crippen molar-refractivity contribution in [2.24, 2.45) is 5.92 Å². The molecule has 2 rings (SSSR count). The van der Waals surface area contributed by atoms with Gasteiger partial charge in [-0.05, 0) is 56.2 Å². The van der Waals surface area contributed by atoms with E-state index in [0.717, 1.165) is 19.8 Å². The Labute approximate surface area is 117 Å². The summed E-state index contributed by atoms with van der Waals surface area (Å²) in [7, 11) is 0. The van der Waals surface area contributed by atoms with Crippen molar-refractivity contribution in [3.63, 3.8) is 0 Å². The van der Waals surface area contributed by atoms with Crippen molar-refractivity contribution < 1.29 is 4.74 Å². The highest BCUT2D eigenvalue weighted by atomic mass is 16.5. The van der Waals surface area contributed by atoms with Crippen molar-refractivity contribution in [2.45, 2.75) is 45.6 Å². The predicted octanol–water partition coefficient (Wildman–Crippen LogP) is 3.33. The van der Waals surface area contributed by atoms with E-state index in [9.17, 15) is 0 Å². The van der Waals surface area contributed by atoms with Crippen LogP contribution in [-0.4, -0.2) is 25.8 Å². The average Bonchev–Trinajstić information content (AvgIpc) is 2.94. The summed E-state index contributed by atoms with van der Waals surface area (Å²) < 4.78 is 5.55. The molecule has 1 aromatic rings. The Morgan fingerprint density at radius 2 is 2.21 bits per heavy atom. The minimum absolute atomic E-state index is 0.613. The van der Waals surface area contributed by atoms with Gasteiger partial charge < -0.3 is 10.1 Å². The Bertz CT molecular complexity index is 371. The van der Waals surface area contributed by atoms with Gasteiger partial charge in [-0.1, -0.05) is 31.2 Å². The second kappa shape index (κ2) is 7.66. The summed E-state index contributed by atoms with van der Waals surface area (Å²) >= 11 is 0. The number of aryl methyl sites for hydroxylation is 2. The number of rotatable bonds is 7. The van der Waals surface area contributed by atoms with Crippen LogP contribution in [0.3, 0.4) is 0 Å². The van der Waals surface area contributed by atoms with E-state index >= 15 is 0 Å². The molecule has 0 aliphatic carbocycles. The van der Waals surface area contributed by atoms with Crippen LogP contribution < -0.4 is 5.32 Å². The Hall–Kier alpha value is -0.860. The molecule has 2 unspecified atom stereocenters. The van der Waals surface area contributed by atoms with E-state index in [1.807, 2.05) is 0 Å². The van der Waals surface area contributed by atoms with Gasteiger partial charge in [-0.3, -0.25) is 0 Å². The van der Waals surface area contributed by atoms with Crippen molar-refractivity contribution in [2.75, 3.05) is 19.8 Å². The third-order valence-electron chi connectivity index (χ3n) is 4.18. The van der Waals surface area contributed by atoms with Crippen molar-refractivity contribution >= 4 is 0 Å². The van der Waals surface area contributed by atoms with Crippen LogP contribution in [0.1, 0.15) is 37.3 Å². The van der Waals surface area contributed by atoms with Crippen molar-refractivity contribution in [3.8, 4) is 0 Å². The van der Waals surface area contributed by atoms with Gasteiger partial charge in [0, 0.05) is 12.6 Å². The minimum atomic E-state index is 0.613. The molecule has 2 atom stereocenters. The topological polar surface area (TPSA) is 21.3 Å². The molecular formula is C17H27NO. The lowest BCUT2D eigenvalue weighted by molar-refractivity contribution is 0.175. The first kappa shape index (κ1) is 14.5. The maximum absolute atomic E-state index is 5.55. The molecule has 1 aliphatic rings. The highest BCUT2D eigenvalue weighted by molar-refractivity contribution is 5.25. The number of hydrogen-bond acceptors (Lipinski definition) is 2. The maximum Gasteiger partial charge on any atom is 0.0510 e. The van der Waals surface area contributed by atoms with Crippen LogP contribution in [0.15, 0.2) is 24.3 Å². The van der Waals surface area contributed by atoms with Crippen LogP contribution in [0.2, 0.25) is 0 Å². The zero-order valence-electron chi connectivity index (χ0n) is 12.3. The van der Waals surface area contributed by atoms with E-state index in [1.165, 1.54) is 36.8 Å². The molecule has 1 heterocycles. The highest BCUT2D eigenvalue weighted by Crippen LogP contribution is 2.21. The van der Waals surface area contributed by atoms with E-state index in [4.69, 9.17) is 4.74 Å². The van der Waals surface area contributed by atoms with Crippen LogP contribution in [0.4, 0.5) is 0 Å². The van der Waals surface area contributed by atoms with Crippen LogP contribution in [0.25, 0.3) is 0 Å². The Morgan fingerprint density at radius 1 is 1.37 bits per heavy atom. The molecular weight excluding hydrogens is 234 g/mol. The highest BCUT2D eigenvalue weighted by Gasteiger charge is 2.24. The standard InChI is InChI=1S/C17H27NO/c1-3-11-18-17(16-10-12-19-13-16)9-8-15-7-5-4-6-14(15)2/h4-7,16-18H,3,8-13H2,1-2H3. The smallest absolute Gasteiger partial charge is 0.0510 e. The quantitative estimate of drug-likeness (QED) is 0.813. The average molecular weight is 261 g/mol. The molecule has 1 fully saturated rings. The Morgan fingerprint density at radius 3 is 2.89 bits per heavy atom. The first-order valence-corrected chi connectivity index (χ1v) is 7.67. The zero-order valence-corrected chi connectivity index (χ0v) is 12.3. The molecule has 1 aromatic carbocycles. The lowest BCUT2D eigenvalue weighted by Gasteiger charge is -2.24. The third kappa shape index (κ3) is 4.32. The third-order valence-corrected chi connectivity index (χ3v) is 4.18. The largest absolute Gasteiger partial charge is 0.381 e. The molecule has 1 aliphatic heterocycles. The fourth-order valence-corrected chi connectivity index (χ4v) is 2.91. The summed E-state index contributed by atoms with van der Waals surface area (Å²) in [5.41, 5.74) is 2.91. The molecule has 19 heavy (non-hydrogen) atoms. The van der Waals surface area contributed by atoms with Gasteiger partial charge >= 0.3 is 0 Å². The lowest BCUT2D eigenvalue weighted by atomic mass is 9.92. The van der Waals surface area contributed by atoms with E-state index in [2.05, 4.69) is 43.4 Å². The molecule has 2 heteroatoms. The normalized spacial score (nSPS) is 20.6. The van der Waals surface area contributed by atoms with Gasteiger partial charge in [0.1, 0.15) is 0 Å². The van der Waals surface area contributed by atoms with Gasteiger partial charge in [-0.25, -0.2) is 0 Å². The predicted molar refractivity (Wildman–Crippen MR) is 80.5 cm³/mol. The lowest BCUT2D eigenvalue weighted by Crippen LogP contribution is -2.37. The molecule has 2 nitrogen and oxygen atoms in total. The van der Waals surface area contributed by atoms with Crippen molar-refractivity contribution in [3.05, 3.63) is 35.4 Å². The van der Waals surface area contributed by atoms with Gasteiger partial charge in [-0.15, -0.1) is 0 Å². The fourth-order valence-electron chi connectivity index (χ4n) is 2.91. The van der Waals surface area contributed by atoms with E-state index in [1.54, 1.807) is 0 Å². The first-order valence-electron chi connectivity index (χ1n) is 7.67. The summed E-state index contributed by atoms with van der Waals surface area (Å²) in [5, 5.41) is 3.72. The van der Waals surface area contributed by atoms with Gasteiger partial charge in [0.05, 0.1) is 6.61 Å². The van der Waals surface area contributed by atoms with Crippen LogP contribution in [0.5, 0.6) is 0 Å². The van der Waals surface area contributed by atoms with Crippen molar-refractivity contribution in [1.29, 1.82) is 0 Å². The fraction of sp³-hybridized carbons (Fsp3) is 0.647. The summed E-state index contributed by atoms with van der Waals surface area (Å²) in [6.07, 6.45) is 4.81. The van der Waals surface area contributed by atoms with Crippen LogP contribution >= 0.6 is 0 Å². The van der Waals surface area contributed by atoms with Crippen molar-refractivity contribution in [1.82, 2.24) is 5.32 Å². The first-order chi connectivity index (χ1) is 9.31. The van der Waals surface area contributed by atoms with Crippen LogP contribution in [0, 0.1) is 12.8 Å². The molecule has 0 bridgehead atoms. The molecule has 0 amide bonds. The molecule has 0 saturated carbocycles. The Kier molecular flexibility index (Phi) is 5.87. The molecule has 0 radical (unpaired) electrons. The number of benzene rings is 1. The molecule has 1 N–H and O–H groups in total. The summed E-state index contributed by atoms with van der Waals surface area (Å²) in [6, 6.07) is 9.35. The number of hydrogen-bond donors (Lipinski definition) is 1. The van der Waals surface area contributed by atoms with Gasteiger partial charge in [-0.2, -0.15) is 0 Å². The van der Waals surface area contributed by atoms with E-state index in [-0.39, 0.29) is 0 Å². The number of ether oxygens (including phenoxy) is 1. The van der Waals surface area contributed by atoms with Crippen LogP contribution in [-0.2, 0) is 11.2 Å². The maximum atomic E-state index is 5.55. The molecule has 0 spiro atoms. The summed E-state index contributed by atoms with van der Waals surface area (Å²) in [4.78, 5) is 0. The zero-order chi connectivity index (χ0) is 13.5. The minimum Gasteiger partial charge on any atom is -0.381 e. The number of nitrogens with one attached hydrogen (secondary N) is 1. The Balaban J connectivity index is 1.90. The SMILES string of the molecule is CCCNC(CCc1ccccc1C)C1CCOC1. The van der Waals surface area contributed by atoms with Gasteiger partial charge in [0.25, 0.3) is 0 Å². The summed E-state index contributed by atoms with van der Waals surface area (Å²) in [6.45, 7) is 7.45. The second-order valence-corrected chi connectivity index (χ2v) is 5.65. The van der Waals surface area contributed by atoms with E-state index in [0.29, 0.717) is 12.0 Å².